The van der Waals surface area contributed by atoms with Crippen LogP contribution in [0.1, 0.15) is 31.9 Å². The lowest BCUT2D eigenvalue weighted by atomic mass is 10.2. The highest BCUT2D eigenvalue weighted by atomic mass is 35.5. The van der Waals surface area contributed by atoms with E-state index in [-0.39, 0.29) is 0 Å². The molecule has 6 heteroatoms. The van der Waals surface area contributed by atoms with Gasteiger partial charge in [0.2, 0.25) is 0 Å². The molecule has 1 aliphatic heterocycles. The van der Waals surface area contributed by atoms with E-state index in [4.69, 9.17) is 11.6 Å². The van der Waals surface area contributed by atoms with Crippen LogP contribution in [0.2, 0.25) is 5.02 Å². The van der Waals surface area contributed by atoms with Gasteiger partial charge in [-0.1, -0.05) is 18.0 Å². The number of hydrogen-bond acceptors (Lipinski definition) is 5. The molecule has 0 atom stereocenters. The first-order valence-electron chi connectivity index (χ1n) is 8.18. The molecule has 23 heavy (non-hydrogen) atoms. The summed E-state index contributed by atoms with van der Waals surface area (Å²) < 4.78 is 0. The number of hydrogen-bond donors (Lipinski definition) is 0. The average molecular weight is 332 g/mol. The van der Waals surface area contributed by atoms with Crippen LogP contribution in [0.4, 0.5) is 5.82 Å². The monoisotopic (exact) mass is 331 g/mol. The summed E-state index contributed by atoms with van der Waals surface area (Å²) in [7, 11) is 0. The molecule has 0 radical (unpaired) electrons. The summed E-state index contributed by atoms with van der Waals surface area (Å²) in [6.45, 7) is 7.16. The molecule has 1 saturated heterocycles. The lowest BCUT2D eigenvalue weighted by Gasteiger charge is -2.37. The zero-order valence-corrected chi connectivity index (χ0v) is 14.4. The highest BCUT2D eigenvalue weighted by Gasteiger charge is 2.21. The second kappa shape index (κ2) is 7.23. The molecule has 1 fully saturated rings. The van der Waals surface area contributed by atoms with Crippen molar-refractivity contribution in [2.24, 2.45) is 0 Å². The molecule has 3 rings (SSSR count). The Balaban J connectivity index is 1.87. The van der Waals surface area contributed by atoms with Gasteiger partial charge < -0.3 is 0 Å². The summed E-state index contributed by atoms with van der Waals surface area (Å²) in [5, 5.41) is 14.1. The summed E-state index contributed by atoms with van der Waals surface area (Å²) in [6.07, 6.45) is 3.78. The van der Waals surface area contributed by atoms with Crippen molar-refractivity contribution in [1.29, 1.82) is 0 Å². The van der Waals surface area contributed by atoms with E-state index in [9.17, 15) is 0 Å². The van der Waals surface area contributed by atoms with Crippen LogP contribution in [-0.2, 0) is 0 Å². The molecule has 5 nitrogen and oxygen atoms in total. The molecule has 1 aromatic heterocycles. The van der Waals surface area contributed by atoms with Crippen molar-refractivity contribution < 1.29 is 0 Å². The van der Waals surface area contributed by atoms with Crippen LogP contribution in [0.5, 0.6) is 0 Å². The van der Waals surface area contributed by atoms with Gasteiger partial charge in [-0.2, -0.15) is 0 Å². The van der Waals surface area contributed by atoms with Crippen LogP contribution in [0.25, 0.3) is 11.4 Å². The van der Waals surface area contributed by atoms with E-state index in [0.29, 0.717) is 10.8 Å². The summed E-state index contributed by atoms with van der Waals surface area (Å²) in [5.41, 5.74) is 1.83. The molecule has 1 aromatic carbocycles. The van der Waals surface area contributed by atoms with E-state index in [1.54, 1.807) is 0 Å². The van der Waals surface area contributed by atoms with E-state index in [2.05, 4.69) is 32.1 Å². The fourth-order valence-electron chi connectivity index (χ4n) is 2.96. The topological polar surface area (TPSA) is 45.2 Å². The van der Waals surface area contributed by atoms with Gasteiger partial charge in [-0.05, 0) is 51.0 Å². The van der Waals surface area contributed by atoms with Crippen molar-refractivity contribution in [2.75, 3.05) is 24.6 Å². The summed E-state index contributed by atoms with van der Waals surface area (Å²) in [4.78, 5) is 4.65. The Kier molecular flexibility index (Phi) is 5.08. The van der Waals surface area contributed by atoms with Gasteiger partial charge in [0.25, 0.3) is 0 Å². The summed E-state index contributed by atoms with van der Waals surface area (Å²) in [5.74, 6) is 1.49. The molecule has 0 unspecified atom stereocenters. The minimum absolute atomic E-state index is 0.637. The van der Waals surface area contributed by atoms with Crippen molar-refractivity contribution >= 4 is 17.4 Å². The number of aryl methyl sites for hydroxylation is 1. The van der Waals surface area contributed by atoms with Crippen LogP contribution >= 0.6 is 11.6 Å². The molecule has 1 aliphatic rings. The molecule has 0 aliphatic carbocycles. The Morgan fingerprint density at radius 3 is 2.39 bits per heavy atom. The van der Waals surface area contributed by atoms with Gasteiger partial charge in [0, 0.05) is 30.2 Å². The van der Waals surface area contributed by atoms with Gasteiger partial charge >= 0.3 is 0 Å². The van der Waals surface area contributed by atoms with Crippen LogP contribution < -0.4 is 5.01 Å². The molecule has 0 amide bonds. The molecular formula is C17H22ClN5. The van der Waals surface area contributed by atoms with E-state index in [1.807, 2.05) is 31.2 Å². The van der Waals surface area contributed by atoms with E-state index in [1.165, 1.54) is 19.3 Å². The van der Waals surface area contributed by atoms with Crippen LogP contribution in [0.3, 0.4) is 0 Å². The molecule has 2 heterocycles. The smallest absolute Gasteiger partial charge is 0.187 e. The number of halogens is 1. The van der Waals surface area contributed by atoms with Crippen molar-refractivity contribution in [3.63, 3.8) is 0 Å². The first kappa shape index (κ1) is 16.1. The maximum Gasteiger partial charge on any atom is 0.187 e. The van der Waals surface area contributed by atoms with E-state index in [0.717, 1.165) is 36.7 Å². The summed E-state index contributed by atoms with van der Waals surface area (Å²) in [6, 6.07) is 7.52. The highest BCUT2D eigenvalue weighted by Crippen LogP contribution is 2.23. The first-order chi connectivity index (χ1) is 11.2. The fraction of sp³-hybridized carbons (Fsp3) is 0.471. The maximum atomic E-state index is 5.93. The largest absolute Gasteiger partial charge is 0.287 e. The number of nitrogens with zero attached hydrogens (tertiary/aromatic N) is 5. The SMILES string of the molecule is CCN(c1nnc(-c2ccc(Cl)cc2)nc1C)N1CCCCC1. The van der Waals surface area contributed by atoms with Crippen LogP contribution in [0, 0.1) is 6.92 Å². The Labute approximate surface area is 142 Å². The molecule has 2 aromatic rings. The minimum atomic E-state index is 0.637. The zero-order valence-electron chi connectivity index (χ0n) is 13.7. The minimum Gasteiger partial charge on any atom is -0.287 e. The van der Waals surface area contributed by atoms with Crippen molar-refractivity contribution in [3.8, 4) is 11.4 Å². The van der Waals surface area contributed by atoms with E-state index < -0.39 is 0 Å². The Bertz CT molecular complexity index is 653. The van der Waals surface area contributed by atoms with Crippen molar-refractivity contribution in [2.45, 2.75) is 33.1 Å². The second-order valence-corrected chi connectivity index (χ2v) is 6.22. The lowest BCUT2D eigenvalue weighted by Crippen LogP contribution is -2.46. The molecule has 0 spiro atoms. The maximum absolute atomic E-state index is 5.93. The Morgan fingerprint density at radius 1 is 1.09 bits per heavy atom. The van der Waals surface area contributed by atoms with Gasteiger partial charge in [0.05, 0.1) is 5.69 Å². The number of rotatable bonds is 4. The molecule has 0 N–H and O–H groups in total. The predicted molar refractivity (Wildman–Crippen MR) is 93.5 cm³/mol. The predicted octanol–water partition coefficient (Wildman–Crippen LogP) is 3.73. The third kappa shape index (κ3) is 3.62. The average Bonchev–Trinajstić information content (AvgIpc) is 2.58. The van der Waals surface area contributed by atoms with Crippen molar-refractivity contribution in [3.05, 3.63) is 35.0 Å². The van der Waals surface area contributed by atoms with Gasteiger partial charge in [-0.25, -0.2) is 9.99 Å². The summed E-state index contributed by atoms with van der Waals surface area (Å²) >= 11 is 5.93. The quantitative estimate of drug-likeness (QED) is 0.854. The number of benzene rings is 1. The molecular weight excluding hydrogens is 310 g/mol. The molecule has 0 bridgehead atoms. The Morgan fingerprint density at radius 2 is 1.78 bits per heavy atom. The molecule has 122 valence electrons. The fourth-order valence-corrected chi connectivity index (χ4v) is 3.09. The third-order valence-corrected chi connectivity index (χ3v) is 4.41. The highest BCUT2D eigenvalue weighted by molar-refractivity contribution is 6.30. The first-order valence-corrected chi connectivity index (χ1v) is 8.56. The second-order valence-electron chi connectivity index (χ2n) is 5.78. The standard InChI is InChI=1S/C17H22ClN5/c1-3-23(22-11-5-4-6-12-22)17-13(2)19-16(20-21-17)14-7-9-15(18)10-8-14/h7-10H,3-6,11-12H2,1-2H3. The number of hydrazine groups is 1. The van der Waals surface area contributed by atoms with Gasteiger partial charge in [-0.3, -0.25) is 5.01 Å². The van der Waals surface area contributed by atoms with Gasteiger partial charge in [0.15, 0.2) is 11.6 Å². The number of aromatic nitrogens is 3. The van der Waals surface area contributed by atoms with E-state index >= 15 is 0 Å². The van der Waals surface area contributed by atoms with Crippen LogP contribution in [0.15, 0.2) is 24.3 Å². The normalized spacial score (nSPS) is 15.6. The van der Waals surface area contributed by atoms with Gasteiger partial charge in [0.1, 0.15) is 0 Å². The third-order valence-electron chi connectivity index (χ3n) is 4.16. The van der Waals surface area contributed by atoms with Crippen molar-refractivity contribution in [1.82, 2.24) is 20.2 Å². The zero-order chi connectivity index (χ0) is 16.2. The van der Waals surface area contributed by atoms with Crippen LogP contribution in [-0.4, -0.2) is 39.8 Å². The Hall–Kier alpha value is -1.72. The molecule has 0 saturated carbocycles. The number of anilines is 1. The number of piperidine rings is 1. The lowest BCUT2D eigenvalue weighted by molar-refractivity contribution is 0.208. The van der Waals surface area contributed by atoms with Gasteiger partial charge in [-0.15, -0.1) is 10.2 Å².